The number of rotatable bonds is 5. The third kappa shape index (κ3) is 3.92. The van der Waals surface area contributed by atoms with E-state index in [1.165, 1.54) is 25.5 Å². The summed E-state index contributed by atoms with van der Waals surface area (Å²) in [4.78, 5) is 22.3. The molecular formula is C16H14N2O4. The van der Waals surface area contributed by atoms with Crippen LogP contribution >= 0.6 is 0 Å². The highest BCUT2D eigenvalue weighted by Gasteiger charge is 2.04. The summed E-state index contributed by atoms with van der Waals surface area (Å²) in [7, 11) is 1.32. The predicted octanol–water partition coefficient (Wildman–Crippen LogP) is 2.62. The fourth-order valence-electron chi connectivity index (χ4n) is 1.77. The Bertz CT molecular complexity index is 726. The Morgan fingerprint density at radius 2 is 1.86 bits per heavy atom. The van der Waals surface area contributed by atoms with Gasteiger partial charge in [-0.2, -0.15) is 5.10 Å². The predicted molar refractivity (Wildman–Crippen MR) is 82.4 cm³/mol. The van der Waals surface area contributed by atoms with Crippen molar-refractivity contribution in [3.05, 3.63) is 65.2 Å². The molecule has 2 N–H and O–H groups in total. The average Bonchev–Trinajstić information content (AvgIpc) is 2.54. The highest BCUT2D eigenvalue weighted by Crippen LogP contribution is 2.11. The van der Waals surface area contributed by atoms with Gasteiger partial charge in [0.15, 0.2) is 0 Å². The van der Waals surface area contributed by atoms with Crippen molar-refractivity contribution in [3.8, 4) is 0 Å². The van der Waals surface area contributed by atoms with Crippen LogP contribution in [0.5, 0.6) is 0 Å². The molecule has 0 bridgehead atoms. The van der Waals surface area contributed by atoms with Gasteiger partial charge in [0.25, 0.3) is 0 Å². The second kappa shape index (κ2) is 7.03. The largest absolute Gasteiger partial charge is 0.478 e. The Morgan fingerprint density at radius 3 is 2.59 bits per heavy atom. The number of aromatic carboxylic acids is 1. The second-order valence-electron chi connectivity index (χ2n) is 4.37. The molecule has 0 spiro atoms. The number of carboxylic acids is 1. The molecule has 112 valence electrons. The van der Waals surface area contributed by atoms with Gasteiger partial charge in [-0.3, -0.25) is 5.43 Å². The summed E-state index contributed by atoms with van der Waals surface area (Å²) >= 11 is 0. The van der Waals surface area contributed by atoms with E-state index < -0.39 is 11.9 Å². The van der Waals surface area contributed by atoms with Gasteiger partial charge in [0.2, 0.25) is 0 Å². The standard InChI is InChI=1S/C16H14N2O4/c1-22-16(21)13-6-2-4-11(8-13)10-17-18-14-7-3-5-12(9-14)15(19)20/h2-10,18H,1H3,(H,19,20)/b17-10+. The van der Waals surface area contributed by atoms with Gasteiger partial charge in [-0.15, -0.1) is 0 Å². The smallest absolute Gasteiger partial charge is 0.337 e. The zero-order chi connectivity index (χ0) is 15.9. The van der Waals surface area contributed by atoms with Gasteiger partial charge in [0, 0.05) is 0 Å². The van der Waals surface area contributed by atoms with E-state index in [-0.39, 0.29) is 5.56 Å². The first-order chi connectivity index (χ1) is 10.6. The summed E-state index contributed by atoms with van der Waals surface area (Å²) in [5.74, 6) is -1.42. The summed E-state index contributed by atoms with van der Waals surface area (Å²) in [5.41, 5.74) is 4.61. The maximum absolute atomic E-state index is 11.4. The van der Waals surface area contributed by atoms with E-state index in [9.17, 15) is 9.59 Å². The Kier molecular flexibility index (Phi) is 4.87. The molecule has 0 atom stereocenters. The number of esters is 1. The number of carbonyl (C=O) groups is 2. The first kappa shape index (κ1) is 15.2. The number of carboxylic acid groups (broad SMARTS) is 1. The van der Waals surface area contributed by atoms with E-state index in [0.717, 1.165) is 0 Å². The van der Waals surface area contributed by atoms with Crippen LogP contribution in [-0.4, -0.2) is 30.4 Å². The van der Waals surface area contributed by atoms with Crippen LogP contribution in [0.3, 0.4) is 0 Å². The fourth-order valence-corrected chi connectivity index (χ4v) is 1.77. The molecule has 0 radical (unpaired) electrons. The van der Waals surface area contributed by atoms with Crippen LogP contribution in [0.4, 0.5) is 5.69 Å². The summed E-state index contributed by atoms with van der Waals surface area (Å²) in [5, 5.41) is 12.9. The third-order valence-electron chi connectivity index (χ3n) is 2.82. The van der Waals surface area contributed by atoms with Crippen molar-refractivity contribution in [2.45, 2.75) is 0 Å². The molecule has 22 heavy (non-hydrogen) atoms. The molecule has 0 fully saturated rings. The van der Waals surface area contributed by atoms with Crippen molar-refractivity contribution in [1.82, 2.24) is 0 Å². The van der Waals surface area contributed by atoms with Gasteiger partial charge in [-0.25, -0.2) is 9.59 Å². The van der Waals surface area contributed by atoms with Crippen LogP contribution in [0.1, 0.15) is 26.3 Å². The average molecular weight is 298 g/mol. The van der Waals surface area contributed by atoms with Crippen LogP contribution in [0.15, 0.2) is 53.6 Å². The number of hydrogen-bond donors (Lipinski definition) is 2. The zero-order valence-corrected chi connectivity index (χ0v) is 11.8. The lowest BCUT2D eigenvalue weighted by Crippen LogP contribution is -2.01. The lowest BCUT2D eigenvalue weighted by atomic mass is 10.1. The van der Waals surface area contributed by atoms with Gasteiger partial charge in [0.1, 0.15) is 0 Å². The van der Waals surface area contributed by atoms with Gasteiger partial charge in [-0.1, -0.05) is 18.2 Å². The van der Waals surface area contributed by atoms with Crippen molar-refractivity contribution < 1.29 is 19.4 Å². The molecule has 0 aliphatic heterocycles. The first-order valence-electron chi connectivity index (χ1n) is 6.41. The minimum Gasteiger partial charge on any atom is -0.478 e. The maximum atomic E-state index is 11.4. The number of methoxy groups -OCH3 is 1. The highest BCUT2D eigenvalue weighted by molar-refractivity contribution is 5.92. The number of benzene rings is 2. The Morgan fingerprint density at radius 1 is 1.14 bits per heavy atom. The lowest BCUT2D eigenvalue weighted by molar-refractivity contribution is 0.0599. The number of hydrazone groups is 1. The second-order valence-corrected chi connectivity index (χ2v) is 4.37. The molecule has 0 heterocycles. The summed E-state index contributed by atoms with van der Waals surface area (Å²) < 4.78 is 4.65. The van der Waals surface area contributed by atoms with E-state index in [1.54, 1.807) is 36.4 Å². The number of ether oxygens (including phenoxy) is 1. The third-order valence-corrected chi connectivity index (χ3v) is 2.82. The Labute approximate surface area is 127 Å². The minimum absolute atomic E-state index is 0.174. The molecule has 0 unspecified atom stereocenters. The first-order valence-corrected chi connectivity index (χ1v) is 6.41. The van der Waals surface area contributed by atoms with Crippen molar-refractivity contribution >= 4 is 23.8 Å². The normalized spacial score (nSPS) is 10.4. The van der Waals surface area contributed by atoms with Gasteiger partial charge in [-0.05, 0) is 35.9 Å². The Hall–Kier alpha value is -3.15. The molecule has 2 aromatic carbocycles. The van der Waals surface area contributed by atoms with Crippen LogP contribution in [0, 0.1) is 0 Å². The molecular weight excluding hydrogens is 284 g/mol. The molecule has 2 rings (SSSR count). The lowest BCUT2D eigenvalue weighted by Gasteiger charge is -2.02. The van der Waals surface area contributed by atoms with Crippen LogP contribution in [0.2, 0.25) is 0 Å². The number of hydrogen-bond acceptors (Lipinski definition) is 5. The van der Waals surface area contributed by atoms with Gasteiger partial charge in [0.05, 0.1) is 30.1 Å². The van der Waals surface area contributed by atoms with Crippen molar-refractivity contribution in [2.24, 2.45) is 5.10 Å². The van der Waals surface area contributed by atoms with E-state index >= 15 is 0 Å². The topological polar surface area (TPSA) is 88.0 Å². The highest BCUT2D eigenvalue weighted by atomic mass is 16.5. The maximum Gasteiger partial charge on any atom is 0.337 e. The monoisotopic (exact) mass is 298 g/mol. The molecule has 0 saturated carbocycles. The van der Waals surface area contributed by atoms with E-state index in [1.807, 2.05) is 0 Å². The summed E-state index contributed by atoms with van der Waals surface area (Å²) in [6.07, 6.45) is 1.53. The quantitative estimate of drug-likeness (QED) is 0.503. The number of carbonyl (C=O) groups excluding carboxylic acids is 1. The molecule has 0 amide bonds. The van der Waals surface area contributed by atoms with Crippen molar-refractivity contribution in [1.29, 1.82) is 0 Å². The van der Waals surface area contributed by atoms with E-state index in [2.05, 4.69) is 15.3 Å². The number of anilines is 1. The SMILES string of the molecule is COC(=O)c1cccc(/C=N/Nc2cccc(C(=O)O)c2)c1. The van der Waals surface area contributed by atoms with Crippen molar-refractivity contribution in [2.75, 3.05) is 12.5 Å². The minimum atomic E-state index is -1.00. The molecule has 6 nitrogen and oxygen atoms in total. The van der Waals surface area contributed by atoms with Gasteiger partial charge >= 0.3 is 11.9 Å². The molecule has 2 aromatic rings. The Balaban J connectivity index is 2.08. The molecule has 0 aromatic heterocycles. The zero-order valence-electron chi connectivity index (χ0n) is 11.8. The number of nitrogens with one attached hydrogen (secondary N) is 1. The van der Waals surface area contributed by atoms with E-state index in [4.69, 9.17) is 5.11 Å². The molecule has 6 heteroatoms. The molecule has 0 saturated heterocycles. The van der Waals surface area contributed by atoms with Crippen molar-refractivity contribution in [3.63, 3.8) is 0 Å². The van der Waals surface area contributed by atoms with Crippen LogP contribution < -0.4 is 5.43 Å². The van der Waals surface area contributed by atoms with E-state index in [0.29, 0.717) is 16.8 Å². The summed E-state index contributed by atoms with van der Waals surface area (Å²) in [6, 6.07) is 13.1. The molecule has 0 aliphatic carbocycles. The van der Waals surface area contributed by atoms with Crippen LogP contribution in [-0.2, 0) is 4.74 Å². The molecule has 0 aliphatic rings. The fraction of sp³-hybridized carbons (Fsp3) is 0.0625. The van der Waals surface area contributed by atoms with Crippen LogP contribution in [0.25, 0.3) is 0 Å². The van der Waals surface area contributed by atoms with Gasteiger partial charge < -0.3 is 9.84 Å². The number of nitrogens with zero attached hydrogens (tertiary/aromatic N) is 1. The summed E-state index contributed by atoms with van der Waals surface area (Å²) in [6.45, 7) is 0.